The number of benzene rings is 3. The van der Waals surface area contributed by atoms with Gasteiger partial charge in [0.2, 0.25) is 0 Å². The molecule has 0 bridgehead atoms. The summed E-state index contributed by atoms with van der Waals surface area (Å²) in [5.41, 5.74) is 14.1. The number of hydrogen-bond acceptors (Lipinski definition) is 9. The second-order valence-corrected chi connectivity index (χ2v) is 29.6. The molecule has 12 heteroatoms. The monoisotopic (exact) mass is 1120 g/mol. The molecule has 0 amide bonds. The maximum absolute atomic E-state index is 15.7. The lowest BCUT2D eigenvalue weighted by molar-refractivity contribution is -0.119. The Hall–Kier alpha value is -7.08. The smallest absolute Gasteiger partial charge is 0.163 e. The summed E-state index contributed by atoms with van der Waals surface area (Å²) >= 11 is 0. The van der Waals surface area contributed by atoms with E-state index in [9.17, 15) is 4.79 Å². The number of allylic oxidation sites excluding steroid dienone is 6. The van der Waals surface area contributed by atoms with E-state index in [1.165, 1.54) is 25.0 Å². The molecular formula is C72H85N9O3. The number of Topliss-reactive ketones (excluding diaryl/α,β-unsaturated/α-hetero) is 3. The molecule has 84 heavy (non-hydrogen) atoms. The van der Waals surface area contributed by atoms with E-state index >= 15 is 9.59 Å². The van der Waals surface area contributed by atoms with E-state index in [0.29, 0.717) is 31.6 Å². The normalized spacial score (nSPS) is 26.8. The van der Waals surface area contributed by atoms with Gasteiger partial charge in [-0.3, -0.25) is 39.5 Å². The van der Waals surface area contributed by atoms with Crippen LogP contribution >= 0.6 is 0 Å². The van der Waals surface area contributed by atoms with Crippen molar-refractivity contribution < 1.29 is 14.4 Å². The lowest BCUT2D eigenvalue weighted by Crippen LogP contribution is -2.45. The molecule has 4 unspecified atom stereocenters. The van der Waals surface area contributed by atoms with Crippen molar-refractivity contribution in [1.29, 1.82) is 0 Å². The van der Waals surface area contributed by atoms with E-state index in [1.807, 2.05) is 0 Å². The number of H-pyrrole nitrogens is 3. The highest BCUT2D eigenvalue weighted by molar-refractivity contribution is 6.06. The SMILES string of the molecule is CCC(C)c1[nH]nc2c1C(C)(c1ccc(N3C4=C(C(=O)CC(C)(C)C4)C(C)(c4ccc(N5C6=C(C(=O)CC(C)(C)C6)C(C)(c6ccccc6)c6c5n[nH]c6C5CCCCC5)cc4)c4c3n[nH]c4C3CCCC3)cc1)C1=C(CC(C)(C)CC1=O)N2. The maximum Gasteiger partial charge on any atom is 0.163 e. The van der Waals surface area contributed by atoms with Crippen molar-refractivity contribution in [3.8, 4) is 0 Å². The topological polar surface area (TPSA) is 156 Å². The van der Waals surface area contributed by atoms with Crippen LogP contribution in [0, 0.1) is 16.2 Å². The van der Waals surface area contributed by atoms with Crippen LogP contribution in [0.5, 0.6) is 0 Å². The van der Waals surface area contributed by atoms with Crippen LogP contribution in [-0.4, -0.2) is 47.9 Å². The van der Waals surface area contributed by atoms with Crippen LogP contribution in [-0.2, 0) is 30.6 Å². The molecule has 6 aromatic rings. The molecule has 0 spiro atoms. The highest BCUT2D eigenvalue weighted by Crippen LogP contribution is 2.62. The van der Waals surface area contributed by atoms with Gasteiger partial charge in [0.05, 0.1) is 16.2 Å². The molecule has 3 aromatic heterocycles. The number of fused-ring (bicyclic) bond motifs is 3. The van der Waals surface area contributed by atoms with Crippen LogP contribution in [0.4, 0.5) is 28.8 Å². The van der Waals surface area contributed by atoms with Gasteiger partial charge in [0.1, 0.15) is 0 Å². The minimum atomic E-state index is -0.866. The summed E-state index contributed by atoms with van der Waals surface area (Å²) in [7, 11) is 0. The van der Waals surface area contributed by atoms with Gasteiger partial charge in [-0.05, 0) is 135 Å². The Balaban J connectivity index is 0.929. The Kier molecular flexibility index (Phi) is 12.5. The van der Waals surface area contributed by atoms with Crippen LogP contribution in [0.3, 0.4) is 0 Å². The number of nitrogens with one attached hydrogen (secondary N) is 4. The van der Waals surface area contributed by atoms with E-state index in [4.69, 9.17) is 15.3 Å². The zero-order chi connectivity index (χ0) is 58.6. The molecule has 4 atom stereocenters. The zero-order valence-corrected chi connectivity index (χ0v) is 51.5. The summed E-state index contributed by atoms with van der Waals surface area (Å²) in [5, 5.41) is 30.1. The number of anilines is 5. The van der Waals surface area contributed by atoms with Gasteiger partial charge in [-0.25, -0.2) is 0 Å². The third-order valence-corrected chi connectivity index (χ3v) is 21.8. The van der Waals surface area contributed by atoms with Gasteiger partial charge in [0, 0.05) is 110 Å². The molecule has 14 rings (SSSR count). The Morgan fingerprint density at radius 2 is 0.905 bits per heavy atom. The molecule has 436 valence electrons. The fourth-order valence-corrected chi connectivity index (χ4v) is 17.7. The first-order chi connectivity index (χ1) is 40.1. The van der Waals surface area contributed by atoms with Gasteiger partial charge in [0.15, 0.2) is 34.8 Å². The lowest BCUT2D eigenvalue weighted by Gasteiger charge is -2.49. The van der Waals surface area contributed by atoms with Crippen LogP contribution in [0.25, 0.3) is 0 Å². The van der Waals surface area contributed by atoms with Gasteiger partial charge >= 0.3 is 0 Å². The first kappa shape index (κ1) is 54.8. The van der Waals surface area contributed by atoms with Crippen LogP contribution < -0.4 is 15.1 Å². The Bertz CT molecular complexity index is 3790. The molecule has 0 saturated heterocycles. The second kappa shape index (κ2) is 19.2. The number of rotatable bonds is 9. The third-order valence-electron chi connectivity index (χ3n) is 21.8. The third kappa shape index (κ3) is 8.09. The Morgan fingerprint density at radius 1 is 0.488 bits per heavy atom. The molecule has 2 saturated carbocycles. The predicted molar refractivity (Wildman–Crippen MR) is 333 cm³/mol. The fraction of sp³-hybridized carbons (Fsp3) is 0.500. The van der Waals surface area contributed by atoms with Crippen molar-refractivity contribution in [1.82, 2.24) is 30.6 Å². The highest BCUT2D eigenvalue weighted by Gasteiger charge is 2.56. The number of hydrogen-bond donors (Lipinski definition) is 4. The van der Waals surface area contributed by atoms with E-state index in [0.717, 1.165) is 165 Å². The van der Waals surface area contributed by atoms with E-state index < -0.39 is 16.2 Å². The first-order valence-electron chi connectivity index (χ1n) is 31.8. The molecule has 8 aliphatic rings. The Labute approximate surface area is 496 Å². The van der Waals surface area contributed by atoms with Crippen LogP contribution in [0.2, 0.25) is 0 Å². The van der Waals surface area contributed by atoms with E-state index in [1.54, 1.807) is 0 Å². The molecule has 0 radical (unpaired) electrons. The number of ketones is 3. The summed E-state index contributed by atoms with van der Waals surface area (Å²) in [6.45, 7) is 24.5. The summed E-state index contributed by atoms with van der Waals surface area (Å²) in [5.74, 6) is 3.85. The number of aromatic nitrogens is 6. The minimum Gasteiger partial charge on any atom is -0.342 e. The summed E-state index contributed by atoms with van der Waals surface area (Å²) in [4.78, 5) is 50.2. The first-order valence-corrected chi connectivity index (χ1v) is 31.8. The minimum absolute atomic E-state index is 0.162. The van der Waals surface area contributed by atoms with Crippen molar-refractivity contribution in [3.05, 3.63) is 163 Å². The zero-order valence-electron chi connectivity index (χ0n) is 51.5. The molecule has 12 nitrogen and oxygen atoms in total. The molecule has 6 heterocycles. The van der Waals surface area contributed by atoms with Crippen molar-refractivity contribution in [3.63, 3.8) is 0 Å². The van der Waals surface area contributed by atoms with Gasteiger partial charge < -0.3 is 5.32 Å². The maximum atomic E-state index is 15.7. The molecule has 4 N–H and O–H groups in total. The lowest BCUT2D eigenvalue weighted by atomic mass is 9.60. The average molecular weight is 1120 g/mol. The Morgan fingerprint density at radius 3 is 1.37 bits per heavy atom. The van der Waals surface area contributed by atoms with Crippen molar-refractivity contribution in [2.75, 3.05) is 15.1 Å². The number of aromatic amines is 3. The molecular weight excluding hydrogens is 1040 g/mol. The predicted octanol–water partition coefficient (Wildman–Crippen LogP) is 16.7. The largest absolute Gasteiger partial charge is 0.342 e. The van der Waals surface area contributed by atoms with E-state index in [2.05, 4.69) is 185 Å². The number of nitrogens with zero attached hydrogens (tertiary/aromatic N) is 5. The van der Waals surface area contributed by atoms with Crippen molar-refractivity contribution in [2.24, 2.45) is 16.2 Å². The van der Waals surface area contributed by atoms with Crippen LogP contribution in [0.1, 0.15) is 247 Å². The second-order valence-electron chi connectivity index (χ2n) is 29.6. The van der Waals surface area contributed by atoms with Crippen molar-refractivity contribution in [2.45, 2.75) is 213 Å². The molecule has 2 fully saturated rings. The van der Waals surface area contributed by atoms with E-state index in [-0.39, 0.29) is 45.4 Å². The summed E-state index contributed by atoms with van der Waals surface area (Å²) in [6, 6.07) is 28.5. The van der Waals surface area contributed by atoms with Gasteiger partial charge in [-0.2, -0.15) is 15.3 Å². The quantitative estimate of drug-likeness (QED) is 0.111. The summed E-state index contributed by atoms with van der Waals surface area (Å²) in [6.07, 6.45) is 14.7. The average Bonchev–Trinajstić information content (AvgIpc) is 1.33. The fourth-order valence-electron chi connectivity index (χ4n) is 17.7. The van der Waals surface area contributed by atoms with Crippen LogP contribution in [0.15, 0.2) is 113 Å². The highest BCUT2D eigenvalue weighted by atomic mass is 16.1. The van der Waals surface area contributed by atoms with Gasteiger partial charge in [-0.15, -0.1) is 0 Å². The molecule has 5 aliphatic carbocycles. The van der Waals surface area contributed by atoms with Gasteiger partial charge in [-0.1, -0.05) is 142 Å². The van der Waals surface area contributed by atoms with Gasteiger partial charge in [0.25, 0.3) is 0 Å². The standard InChI is InChI=1S/C72H85N9O3/c1-12-41(2)61-58-64(77-74-61)73-49-35-67(3,4)38-52(82)55(49)70(58,9)45-27-31-47(32-28-45)81-51-37-69(7,8)40-54(84)57(51)72(11,60-63(76-79-66(60)81)43-23-19-20-24-43)46-29-33-48(34-30-46)80-50-36-68(5,6)39-53(83)56(50)71(10,44-25-17-14-18-26-44)59-62(75-78-65(59)80)42-21-15-13-16-22-42/h14,17-18,25-34,41-43H,12-13,15-16,19-24,35-40H2,1-11H3,(H,75,78)(H,76,79)(H2,73,74,77). The number of carbonyl (C=O) groups excluding carboxylic acids is 3. The summed E-state index contributed by atoms with van der Waals surface area (Å²) < 4.78 is 0. The molecule has 3 aromatic carbocycles. The number of carbonyl (C=O) groups is 3. The van der Waals surface area contributed by atoms with Crippen molar-refractivity contribution >= 4 is 46.2 Å². The molecule has 3 aliphatic heterocycles.